The van der Waals surface area contributed by atoms with Crippen LogP contribution >= 0.6 is 0 Å². The highest BCUT2D eigenvalue weighted by Gasteiger charge is 2.20. The molecule has 0 unspecified atom stereocenters. The van der Waals surface area contributed by atoms with Crippen molar-refractivity contribution < 1.29 is 19.0 Å². The largest absolute Gasteiger partial charge is 0.490 e. The van der Waals surface area contributed by atoms with Gasteiger partial charge in [-0.1, -0.05) is 0 Å². The molecule has 0 atom stereocenters. The number of ether oxygens (including phenoxy) is 3. The Bertz CT molecular complexity index is 541. The Morgan fingerprint density at radius 1 is 1.26 bits per heavy atom. The number of hydrogen-bond donors (Lipinski definition) is 1. The normalized spacial score (nSPS) is 19.2. The first kappa shape index (κ1) is 16.1. The van der Waals surface area contributed by atoms with Gasteiger partial charge < -0.3 is 19.5 Å². The smallest absolute Gasteiger partial charge is 0.238 e. The Morgan fingerprint density at radius 2 is 2.00 bits per heavy atom. The average molecular weight is 320 g/mol. The van der Waals surface area contributed by atoms with Crippen molar-refractivity contribution in [3.63, 3.8) is 0 Å². The Balaban J connectivity index is 1.53. The van der Waals surface area contributed by atoms with E-state index in [1.165, 1.54) is 0 Å². The lowest BCUT2D eigenvalue weighted by Crippen LogP contribution is -2.41. The molecule has 0 bridgehead atoms. The van der Waals surface area contributed by atoms with Crippen LogP contribution in [0.3, 0.4) is 0 Å². The molecule has 2 aliphatic rings. The maximum Gasteiger partial charge on any atom is 0.238 e. The maximum absolute atomic E-state index is 12.2. The number of nitrogens with zero attached hydrogens (tertiary/aromatic N) is 1. The third-order valence-corrected chi connectivity index (χ3v) is 4.27. The van der Waals surface area contributed by atoms with Crippen molar-refractivity contribution in [3.05, 3.63) is 18.2 Å². The summed E-state index contributed by atoms with van der Waals surface area (Å²) < 4.78 is 16.6. The fraction of sp³-hybridized carbons (Fsp3) is 0.588. The lowest BCUT2D eigenvalue weighted by atomic mass is 10.1. The van der Waals surface area contributed by atoms with Gasteiger partial charge in [0.05, 0.1) is 25.9 Å². The van der Waals surface area contributed by atoms with Crippen LogP contribution in [0.15, 0.2) is 18.2 Å². The summed E-state index contributed by atoms with van der Waals surface area (Å²) in [7, 11) is 1.75. The van der Waals surface area contributed by atoms with Crippen molar-refractivity contribution >= 4 is 11.6 Å². The number of amides is 1. The number of fused-ring (bicyclic) bond motifs is 1. The predicted molar refractivity (Wildman–Crippen MR) is 87.1 cm³/mol. The van der Waals surface area contributed by atoms with Gasteiger partial charge in [-0.3, -0.25) is 9.69 Å². The number of methoxy groups -OCH3 is 1. The predicted octanol–water partition coefficient (Wildman–Crippen LogP) is 1.90. The highest BCUT2D eigenvalue weighted by atomic mass is 16.5. The molecule has 23 heavy (non-hydrogen) atoms. The van der Waals surface area contributed by atoms with Crippen LogP contribution in [0, 0.1) is 0 Å². The number of likely N-dealkylation sites (tertiary alicyclic amines) is 1. The minimum Gasteiger partial charge on any atom is -0.490 e. The molecular formula is C17H24N2O4. The average Bonchev–Trinajstić information content (AvgIpc) is 2.80. The highest BCUT2D eigenvalue weighted by molar-refractivity contribution is 5.92. The van der Waals surface area contributed by atoms with Crippen molar-refractivity contribution in [3.8, 4) is 11.5 Å². The van der Waals surface area contributed by atoms with Crippen LogP contribution in [-0.4, -0.2) is 56.9 Å². The third kappa shape index (κ3) is 4.36. The molecule has 1 fully saturated rings. The zero-order valence-corrected chi connectivity index (χ0v) is 13.5. The Kier molecular flexibility index (Phi) is 5.35. The minimum atomic E-state index is -0.00430. The van der Waals surface area contributed by atoms with Crippen molar-refractivity contribution in [1.82, 2.24) is 4.90 Å². The molecule has 2 heterocycles. The van der Waals surface area contributed by atoms with Crippen molar-refractivity contribution in [1.29, 1.82) is 0 Å². The maximum atomic E-state index is 12.2. The molecular weight excluding hydrogens is 296 g/mol. The van der Waals surface area contributed by atoms with Gasteiger partial charge in [0.15, 0.2) is 11.5 Å². The molecule has 1 aromatic rings. The van der Waals surface area contributed by atoms with Crippen molar-refractivity contribution in [2.24, 2.45) is 0 Å². The molecule has 2 aliphatic heterocycles. The molecule has 1 N–H and O–H groups in total. The number of rotatable bonds is 4. The number of nitrogens with one attached hydrogen (secondary N) is 1. The van der Waals surface area contributed by atoms with E-state index in [1.54, 1.807) is 7.11 Å². The third-order valence-electron chi connectivity index (χ3n) is 4.27. The van der Waals surface area contributed by atoms with Gasteiger partial charge >= 0.3 is 0 Å². The van der Waals surface area contributed by atoms with E-state index in [0.717, 1.165) is 43.8 Å². The van der Waals surface area contributed by atoms with Gasteiger partial charge in [0.1, 0.15) is 0 Å². The van der Waals surface area contributed by atoms with Crippen LogP contribution < -0.4 is 14.8 Å². The number of piperidine rings is 1. The zero-order valence-electron chi connectivity index (χ0n) is 13.5. The summed E-state index contributed by atoms with van der Waals surface area (Å²) in [4.78, 5) is 14.4. The van der Waals surface area contributed by atoms with Crippen molar-refractivity contribution in [2.75, 3.05) is 45.3 Å². The number of carbonyl (C=O) groups excluding carboxylic acids is 1. The van der Waals surface area contributed by atoms with E-state index in [-0.39, 0.29) is 5.91 Å². The van der Waals surface area contributed by atoms with E-state index in [4.69, 9.17) is 14.2 Å². The molecule has 126 valence electrons. The van der Waals surface area contributed by atoms with Crippen LogP contribution in [0.5, 0.6) is 11.5 Å². The molecule has 6 heteroatoms. The van der Waals surface area contributed by atoms with Gasteiger partial charge in [0.25, 0.3) is 0 Å². The van der Waals surface area contributed by atoms with Gasteiger partial charge in [-0.15, -0.1) is 0 Å². The first-order valence-corrected chi connectivity index (χ1v) is 8.19. The van der Waals surface area contributed by atoms with Crippen LogP contribution in [0.1, 0.15) is 19.3 Å². The molecule has 1 aromatic carbocycles. The van der Waals surface area contributed by atoms with E-state index >= 15 is 0 Å². The SMILES string of the molecule is COC1CCN(CC(=O)Nc2ccc3c(c2)OCCCO3)CC1. The summed E-state index contributed by atoms with van der Waals surface area (Å²) in [6.07, 6.45) is 3.16. The summed E-state index contributed by atoms with van der Waals surface area (Å²) in [5.41, 5.74) is 0.742. The molecule has 3 rings (SSSR count). The molecule has 0 spiro atoms. The summed E-state index contributed by atoms with van der Waals surface area (Å²) in [5.74, 6) is 1.43. The summed E-state index contributed by atoms with van der Waals surface area (Å²) >= 11 is 0. The van der Waals surface area contributed by atoms with Crippen LogP contribution in [0.25, 0.3) is 0 Å². The minimum absolute atomic E-state index is 0.00430. The van der Waals surface area contributed by atoms with E-state index < -0.39 is 0 Å². The van der Waals surface area contributed by atoms with E-state index in [0.29, 0.717) is 31.6 Å². The second-order valence-electron chi connectivity index (χ2n) is 5.97. The monoisotopic (exact) mass is 320 g/mol. The van der Waals surface area contributed by atoms with Gasteiger partial charge in [-0.05, 0) is 25.0 Å². The first-order valence-electron chi connectivity index (χ1n) is 8.19. The summed E-state index contributed by atoms with van der Waals surface area (Å²) in [5, 5.41) is 2.94. The van der Waals surface area contributed by atoms with Gasteiger partial charge in [-0.2, -0.15) is 0 Å². The molecule has 0 radical (unpaired) electrons. The molecule has 6 nitrogen and oxygen atoms in total. The first-order chi connectivity index (χ1) is 11.2. The molecule has 0 aromatic heterocycles. The molecule has 1 saturated heterocycles. The summed E-state index contributed by atoms with van der Waals surface area (Å²) in [6, 6.07) is 5.53. The highest BCUT2D eigenvalue weighted by Crippen LogP contribution is 2.32. The number of anilines is 1. The van der Waals surface area contributed by atoms with E-state index in [1.807, 2.05) is 18.2 Å². The van der Waals surface area contributed by atoms with Gasteiger partial charge in [-0.25, -0.2) is 0 Å². The zero-order chi connectivity index (χ0) is 16.1. The Morgan fingerprint density at radius 3 is 2.74 bits per heavy atom. The fourth-order valence-electron chi connectivity index (χ4n) is 2.95. The van der Waals surface area contributed by atoms with Crippen LogP contribution in [-0.2, 0) is 9.53 Å². The standard InChI is InChI=1S/C17H24N2O4/c1-21-14-5-7-19(8-6-14)12-17(20)18-13-3-4-15-16(11-13)23-10-2-9-22-15/h3-4,11,14H,2,5-10,12H2,1H3,(H,18,20). The fourth-order valence-corrected chi connectivity index (χ4v) is 2.95. The molecule has 0 saturated carbocycles. The Hall–Kier alpha value is -1.79. The summed E-state index contributed by atoms with van der Waals surface area (Å²) in [6.45, 7) is 3.50. The molecule has 1 amide bonds. The lowest BCUT2D eigenvalue weighted by Gasteiger charge is -2.30. The van der Waals surface area contributed by atoms with Crippen molar-refractivity contribution in [2.45, 2.75) is 25.4 Å². The molecule has 0 aliphatic carbocycles. The lowest BCUT2D eigenvalue weighted by molar-refractivity contribution is -0.117. The van der Waals surface area contributed by atoms with Crippen LogP contribution in [0.4, 0.5) is 5.69 Å². The van der Waals surface area contributed by atoms with Crippen LogP contribution in [0.2, 0.25) is 0 Å². The Labute approximate surface area is 136 Å². The number of benzene rings is 1. The van der Waals surface area contributed by atoms with Gasteiger partial charge in [0, 0.05) is 38.4 Å². The quantitative estimate of drug-likeness (QED) is 0.918. The topological polar surface area (TPSA) is 60.0 Å². The second-order valence-corrected chi connectivity index (χ2v) is 5.97. The van der Waals surface area contributed by atoms with E-state index in [2.05, 4.69) is 10.2 Å². The second kappa shape index (κ2) is 7.66. The van der Waals surface area contributed by atoms with E-state index in [9.17, 15) is 4.79 Å². The number of carbonyl (C=O) groups is 1. The van der Waals surface area contributed by atoms with Gasteiger partial charge in [0.2, 0.25) is 5.91 Å². The number of hydrogen-bond acceptors (Lipinski definition) is 5.